The second-order valence-corrected chi connectivity index (χ2v) is 4.20. The fraction of sp³-hybridized carbons (Fsp3) is 0.200. The average molecular weight is 213 g/mol. The summed E-state index contributed by atoms with van der Waals surface area (Å²) in [4.78, 5) is 0. The first-order valence-electron chi connectivity index (χ1n) is 3.94. The lowest BCUT2D eigenvalue weighted by Crippen LogP contribution is -1.87. The Morgan fingerprint density at radius 2 is 2.23 bits per heavy atom. The Hall–Kier alpha value is -0.730. The monoisotopic (exact) mass is 212 g/mol. The molecule has 0 bridgehead atoms. The minimum atomic E-state index is 0.809. The maximum atomic E-state index is 6.09. The molecule has 0 unspecified atom stereocenters. The second-order valence-electron chi connectivity index (χ2n) is 2.87. The van der Waals surface area contributed by atoms with Crippen molar-refractivity contribution in [1.82, 2.24) is 0 Å². The molecule has 0 atom stereocenters. The molecule has 68 valence electrons. The minimum absolute atomic E-state index is 0.809. The van der Waals surface area contributed by atoms with Crippen LogP contribution in [0.4, 0.5) is 0 Å². The van der Waals surface area contributed by atoms with Gasteiger partial charge < -0.3 is 4.74 Å². The third-order valence-electron chi connectivity index (χ3n) is 2.03. The standard InChI is InChI=1S/C10H9ClOS/c1-6-5-8(11)10-7(3-4-13-10)9(6)12-2/h3-5H,1-2H3. The van der Waals surface area contributed by atoms with Crippen molar-refractivity contribution in [2.45, 2.75) is 6.92 Å². The molecule has 1 nitrogen and oxygen atoms in total. The summed E-state index contributed by atoms with van der Waals surface area (Å²) in [5.41, 5.74) is 1.08. The molecular weight excluding hydrogens is 204 g/mol. The smallest absolute Gasteiger partial charge is 0.130 e. The summed E-state index contributed by atoms with van der Waals surface area (Å²) in [6, 6.07) is 3.98. The van der Waals surface area contributed by atoms with Gasteiger partial charge >= 0.3 is 0 Å². The summed E-state index contributed by atoms with van der Waals surface area (Å²) in [6.45, 7) is 2.00. The van der Waals surface area contributed by atoms with Crippen LogP contribution < -0.4 is 4.74 Å². The van der Waals surface area contributed by atoms with Crippen LogP contribution in [0.25, 0.3) is 10.1 Å². The maximum absolute atomic E-state index is 6.09. The highest BCUT2D eigenvalue weighted by Crippen LogP contribution is 2.37. The molecule has 13 heavy (non-hydrogen) atoms. The second kappa shape index (κ2) is 3.20. The van der Waals surface area contributed by atoms with Crippen molar-refractivity contribution < 1.29 is 4.74 Å². The Morgan fingerprint density at radius 3 is 2.92 bits per heavy atom. The predicted molar refractivity (Wildman–Crippen MR) is 58.1 cm³/mol. The number of ether oxygens (including phenoxy) is 1. The molecule has 2 aromatic rings. The molecule has 0 saturated carbocycles. The molecule has 1 aromatic carbocycles. The van der Waals surface area contributed by atoms with Gasteiger partial charge in [-0.1, -0.05) is 11.6 Å². The summed E-state index contributed by atoms with van der Waals surface area (Å²) in [7, 11) is 1.69. The van der Waals surface area contributed by atoms with Crippen LogP contribution in [-0.2, 0) is 0 Å². The molecule has 0 saturated heterocycles. The SMILES string of the molecule is COc1c(C)cc(Cl)c2sccc12. The van der Waals surface area contributed by atoms with Gasteiger partial charge in [0.25, 0.3) is 0 Å². The average Bonchev–Trinajstić information content (AvgIpc) is 2.53. The number of rotatable bonds is 1. The molecule has 2 rings (SSSR count). The van der Waals surface area contributed by atoms with Gasteiger partial charge in [0, 0.05) is 5.39 Å². The molecule has 0 amide bonds. The Kier molecular flexibility index (Phi) is 2.18. The zero-order valence-corrected chi connectivity index (χ0v) is 9.00. The van der Waals surface area contributed by atoms with Gasteiger partial charge in [0.1, 0.15) is 5.75 Å². The lowest BCUT2D eigenvalue weighted by atomic mass is 10.1. The van der Waals surface area contributed by atoms with Crippen LogP contribution in [-0.4, -0.2) is 7.11 Å². The molecule has 0 aliphatic carbocycles. The molecule has 0 fully saturated rings. The van der Waals surface area contributed by atoms with Crippen molar-refractivity contribution in [3.05, 3.63) is 28.1 Å². The quantitative estimate of drug-likeness (QED) is 0.697. The van der Waals surface area contributed by atoms with Crippen LogP contribution in [0.5, 0.6) is 5.75 Å². The molecule has 1 aromatic heterocycles. The largest absolute Gasteiger partial charge is 0.496 e. The molecule has 0 N–H and O–H groups in total. The van der Waals surface area contributed by atoms with Gasteiger partial charge in [-0.05, 0) is 30.0 Å². The highest BCUT2D eigenvalue weighted by atomic mass is 35.5. The Bertz CT molecular complexity index is 447. The van der Waals surface area contributed by atoms with E-state index >= 15 is 0 Å². The zero-order chi connectivity index (χ0) is 9.42. The molecule has 0 radical (unpaired) electrons. The summed E-state index contributed by atoms with van der Waals surface area (Å²) >= 11 is 7.73. The summed E-state index contributed by atoms with van der Waals surface area (Å²) in [5, 5.41) is 3.94. The van der Waals surface area contributed by atoms with E-state index in [4.69, 9.17) is 16.3 Å². The number of fused-ring (bicyclic) bond motifs is 1. The number of hydrogen-bond acceptors (Lipinski definition) is 2. The Balaban J connectivity index is 2.88. The highest BCUT2D eigenvalue weighted by molar-refractivity contribution is 7.18. The van der Waals surface area contributed by atoms with Crippen molar-refractivity contribution in [1.29, 1.82) is 0 Å². The van der Waals surface area contributed by atoms with Gasteiger partial charge in [-0.3, -0.25) is 0 Å². The molecule has 0 spiro atoms. The van der Waals surface area contributed by atoms with Crippen LogP contribution in [0, 0.1) is 6.92 Å². The third kappa shape index (κ3) is 1.30. The molecular formula is C10H9ClOS. The maximum Gasteiger partial charge on any atom is 0.130 e. The number of hydrogen-bond donors (Lipinski definition) is 0. The number of aryl methyl sites for hydroxylation is 1. The zero-order valence-electron chi connectivity index (χ0n) is 7.43. The van der Waals surface area contributed by atoms with Crippen LogP contribution in [0.3, 0.4) is 0 Å². The summed E-state index contributed by atoms with van der Waals surface area (Å²) in [5.74, 6) is 0.931. The van der Waals surface area contributed by atoms with Crippen molar-refractivity contribution in [3.63, 3.8) is 0 Å². The molecule has 1 heterocycles. The van der Waals surface area contributed by atoms with E-state index in [2.05, 4.69) is 0 Å². The third-order valence-corrected chi connectivity index (χ3v) is 3.39. The number of benzene rings is 1. The van der Waals surface area contributed by atoms with E-state index in [1.807, 2.05) is 24.4 Å². The number of methoxy groups -OCH3 is 1. The fourth-order valence-electron chi connectivity index (χ4n) is 1.48. The van der Waals surface area contributed by atoms with Crippen LogP contribution in [0.15, 0.2) is 17.5 Å². The summed E-state index contributed by atoms with van der Waals surface area (Å²) in [6.07, 6.45) is 0. The lowest BCUT2D eigenvalue weighted by Gasteiger charge is -2.06. The number of halogens is 1. The molecule has 0 aliphatic rings. The molecule has 0 aliphatic heterocycles. The summed E-state index contributed by atoms with van der Waals surface area (Å²) < 4.78 is 6.42. The van der Waals surface area contributed by atoms with Gasteiger partial charge in [0.15, 0.2) is 0 Å². The van der Waals surface area contributed by atoms with Gasteiger partial charge in [-0.25, -0.2) is 0 Å². The highest BCUT2D eigenvalue weighted by Gasteiger charge is 2.09. The topological polar surface area (TPSA) is 9.23 Å². The van der Waals surface area contributed by atoms with E-state index in [9.17, 15) is 0 Å². The fourth-order valence-corrected chi connectivity index (χ4v) is 2.68. The van der Waals surface area contributed by atoms with Gasteiger partial charge in [-0.2, -0.15) is 0 Å². The van der Waals surface area contributed by atoms with Crippen molar-refractivity contribution >= 4 is 33.0 Å². The van der Waals surface area contributed by atoms with E-state index in [0.29, 0.717) is 0 Å². The normalized spacial score (nSPS) is 10.7. The van der Waals surface area contributed by atoms with Gasteiger partial charge in [0.05, 0.1) is 16.8 Å². The lowest BCUT2D eigenvalue weighted by molar-refractivity contribution is 0.417. The Labute approximate surface area is 85.9 Å². The van der Waals surface area contributed by atoms with Crippen LogP contribution >= 0.6 is 22.9 Å². The first kappa shape index (κ1) is 8.85. The van der Waals surface area contributed by atoms with E-state index in [0.717, 1.165) is 26.4 Å². The first-order chi connectivity index (χ1) is 6.24. The van der Waals surface area contributed by atoms with E-state index in [1.165, 1.54) is 0 Å². The molecule has 3 heteroatoms. The van der Waals surface area contributed by atoms with Crippen molar-refractivity contribution in [2.24, 2.45) is 0 Å². The Morgan fingerprint density at radius 1 is 1.46 bits per heavy atom. The predicted octanol–water partition coefficient (Wildman–Crippen LogP) is 3.87. The van der Waals surface area contributed by atoms with Crippen LogP contribution in [0.1, 0.15) is 5.56 Å². The van der Waals surface area contributed by atoms with Crippen LogP contribution in [0.2, 0.25) is 5.02 Å². The van der Waals surface area contributed by atoms with Gasteiger partial charge in [0.2, 0.25) is 0 Å². The minimum Gasteiger partial charge on any atom is -0.496 e. The van der Waals surface area contributed by atoms with E-state index in [1.54, 1.807) is 18.4 Å². The van der Waals surface area contributed by atoms with Crippen molar-refractivity contribution in [2.75, 3.05) is 7.11 Å². The van der Waals surface area contributed by atoms with Crippen molar-refractivity contribution in [3.8, 4) is 5.75 Å². The van der Waals surface area contributed by atoms with Gasteiger partial charge in [-0.15, -0.1) is 11.3 Å². The van der Waals surface area contributed by atoms with E-state index < -0.39 is 0 Å². The first-order valence-corrected chi connectivity index (χ1v) is 5.20. The van der Waals surface area contributed by atoms with E-state index in [-0.39, 0.29) is 0 Å². The number of thiophene rings is 1.